The van der Waals surface area contributed by atoms with Gasteiger partial charge in [-0.25, -0.2) is 4.79 Å². The lowest BCUT2D eigenvalue weighted by Crippen LogP contribution is -2.51. The number of likely N-dealkylation sites (tertiary alicyclic amines) is 2. The fourth-order valence-electron chi connectivity index (χ4n) is 3.33. The Balaban J connectivity index is 1.99. The molecule has 0 aliphatic carbocycles. The van der Waals surface area contributed by atoms with Crippen molar-refractivity contribution in [1.29, 1.82) is 0 Å². The normalized spacial score (nSPS) is 28.3. The first kappa shape index (κ1) is 14.2. The Hall–Kier alpha value is -1.26. The van der Waals surface area contributed by atoms with E-state index >= 15 is 0 Å². The Bertz CT molecular complexity index is 346. The second-order valence-electron chi connectivity index (χ2n) is 5.71. The van der Waals surface area contributed by atoms with Crippen LogP contribution in [0.1, 0.15) is 45.4 Å². The molecule has 2 aliphatic rings. The smallest absolute Gasteiger partial charge is 0.314 e. The molecule has 2 saturated heterocycles. The highest BCUT2D eigenvalue weighted by Crippen LogP contribution is 2.25. The van der Waals surface area contributed by atoms with Crippen LogP contribution in [0, 0.1) is 5.92 Å². The van der Waals surface area contributed by atoms with Gasteiger partial charge < -0.3 is 15.5 Å². The highest BCUT2D eigenvalue weighted by atomic mass is 16.2. The van der Waals surface area contributed by atoms with Crippen molar-refractivity contribution in [3.05, 3.63) is 0 Å². The van der Waals surface area contributed by atoms with Crippen LogP contribution in [-0.4, -0.2) is 47.4 Å². The summed E-state index contributed by atoms with van der Waals surface area (Å²) in [5, 5.41) is 0. The number of primary amides is 1. The summed E-state index contributed by atoms with van der Waals surface area (Å²) >= 11 is 0. The first-order valence-corrected chi connectivity index (χ1v) is 7.48. The van der Waals surface area contributed by atoms with E-state index in [4.69, 9.17) is 5.73 Å². The van der Waals surface area contributed by atoms with Gasteiger partial charge in [-0.1, -0.05) is 6.92 Å². The van der Waals surface area contributed by atoms with Crippen molar-refractivity contribution in [3.8, 4) is 0 Å². The van der Waals surface area contributed by atoms with Gasteiger partial charge in [-0.2, -0.15) is 0 Å². The number of amides is 3. The van der Waals surface area contributed by atoms with Gasteiger partial charge in [-0.3, -0.25) is 4.79 Å². The molecule has 3 amide bonds. The topological polar surface area (TPSA) is 66.6 Å². The molecule has 2 atom stereocenters. The Morgan fingerprint density at radius 1 is 1.16 bits per heavy atom. The van der Waals surface area contributed by atoms with Crippen LogP contribution in [0.15, 0.2) is 0 Å². The molecule has 2 rings (SSSR count). The molecule has 19 heavy (non-hydrogen) atoms. The first-order chi connectivity index (χ1) is 9.13. The van der Waals surface area contributed by atoms with Crippen molar-refractivity contribution in [3.63, 3.8) is 0 Å². The third-order valence-electron chi connectivity index (χ3n) is 4.46. The first-order valence-electron chi connectivity index (χ1n) is 7.48. The van der Waals surface area contributed by atoms with E-state index in [1.165, 1.54) is 6.42 Å². The molecule has 5 nitrogen and oxygen atoms in total. The Morgan fingerprint density at radius 3 is 2.63 bits per heavy atom. The van der Waals surface area contributed by atoms with Gasteiger partial charge in [0.15, 0.2) is 0 Å². The number of carbonyl (C=O) groups is 2. The van der Waals surface area contributed by atoms with Crippen LogP contribution in [0.4, 0.5) is 4.79 Å². The maximum absolute atomic E-state index is 12.6. The van der Waals surface area contributed by atoms with Crippen LogP contribution in [0.3, 0.4) is 0 Å². The molecule has 0 aromatic heterocycles. The zero-order chi connectivity index (χ0) is 13.8. The zero-order valence-electron chi connectivity index (χ0n) is 11.8. The average Bonchev–Trinajstić information content (AvgIpc) is 2.46. The fourth-order valence-corrected chi connectivity index (χ4v) is 3.33. The summed E-state index contributed by atoms with van der Waals surface area (Å²) in [5.41, 5.74) is 5.32. The summed E-state index contributed by atoms with van der Waals surface area (Å²) in [7, 11) is 0. The number of hydrogen-bond donors (Lipinski definition) is 1. The molecule has 2 heterocycles. The number of nitrogens with two attached hydrogens (primary N) is 1. The zero-order valence-corrected chi connectivity index (χ0v) is 11.8. The average molecular weight is 267 g/mol. The molecule has 0 aromatic carbocycles. The SMILES string of the molecule is CCC1CCCCN1C(=O)C1CCCN(C(N)=O)C1. The maximum Gasteiger partial charge on any atom is 0.314 e. The summed E-state index contributed by atoms with van der Waals surface area (Å²) in [5.74, 6) is 0.186. The van der Waals surface area contributed by atoms with E-state index in [0.29, 0.717) is 19.1 Å². The van der Waals surface area contributed by atoms with Gasteiger partial charge in [0.1, 0.15) is 0 Å². The van der Waals surface area contributed by atoms with E-state index < -0.39 is 6.03 Å². The third kappa shape index (κ3) is 3.19. The second kappa shape index (κ2) is 6.26. The monoisotopic (exact) mass is 267 g/mol. The van der Waals surface area contributed by atoms with Crippen molar-refractivity contribution in [1.82, 2.24) is 9.80 Å². The minimum absolute atomic E-state index is 0.0478. The van der Waals surface area contributed by atoms with Gasteiger partial charge in [-0.15, -0.1) is 0 Å². The molecule has 0 spiro atoms. The lowest BCUT2D eigenvalue weighted by atomic mass is 9.93. The highest BCUT2D eigenvalue weighted by molar-refractivity contribution is 5.81. The van der Waals surface area contributed by atoms with Crippen LogP contribution < -0.4 is 5.73 Å². The number of nitrogens with zero attached hydrogens (tertiary/aromatic N) is 2. The molecule has 2 unspecified atom stereocenters. The standard InChI is InChI=1S/C14H25N3O2/c1-2-12-7-3-4-9-17(12)13(18)11-6-5-8-16(10-11)14(15)19/h11-12H,2-10H2,1H3,(H2,15,19). The van der Waals surface area contributed by atoms with Crippen molar-refractivity contribution in [2.45, 2.75) is 51.5 Å². The van der Waals surface area contributed by atoms with Crippen LogP contribution in [0.5, 0.6) is 0 Å². The van der Waals surface area contributed by atoms with E-state index in [9.17, 15) is 9.59 Å². The molecular weight excluding hydrogens is 242 g/mol. The number of rotatable bonds is 2. The molecule has 5 heteroatoms. The van der Waals surface area contributed by atoms with Crippen molar-refractivity contribution < 1.29 is 9.59 Å². The van der Waals surface area contributed by atoms with Crippen LogP contribution in [0.2, 0.25) is 0 Å². The summed E-state index contributed by atoms with van der Waals surface area (Å²) in [6, 6.07) is -0.00612. The second-order valence-corrected chi connectivity index (χ2v) is 5.71. The lowest BCUT2D eigenvalue weighted by molar-refractivity contribution is -0.140. The van der Waals surface area contributed by atoms with Gasteiger partial charge in [0.2, 0.25) is 5.91 Å². The number of carbonyl (C=O) groups excluding carboxylic acids is 2. The van der Waals surface area contributed by atoms with E-state index in [2.05, 4.69) is 11.8 Å². The summed E-state index contributed by atoms with van der Waals surface area (Å²) in [6.45, 7) is 4.22. The summed E-state index contributed by atoms with van der Waals surface area (Å²) < 4.78 is 0. The van der Waals surface area contributed by atoms with Crippen LogP contribution >= 0.6 is 0 Å². The predicted octanol–water partition coefficient (Wildman–Crippen LogP) is 1.57. The van der Waals surface area contributed by atoms with Gasteiger partial charge in [0.05, 0.1) is 5.92 Å². The summed E-state index contributed by atoms with van der Waals surface area (Å²) in [4.78, 5) is 27.5. The van der Waals surface area contributed by atoms with Crippen LogP contribution in [-0.2, 0) is 4.79 Å². The van der Waals surface area contributed by atoms with Crippen molar-refractivity contribution in [2.24, 2.45) is 11.7 Å². The molecule has 0 saturated carbocycles. The van der Waals surface area contributed by atoms with Gasteiger partial charge in [-0.05, 0) is 38.5 Å². The quantitative estimate of drug-likeness (QED) is 0.825. The van der Waals surface area contributed by atoms with Crippen LogP contribution in [0.25, 0.3) is 0 Å². The van der Waals surface area contributed by atoms with Crippen molar-refractivity contribution >= 4 is 11.9 Å². The predicted molar refractivity (Wildman–Crippen MR) is 73.5 cm³/mol. The molecular formula is C14H25N3O2. The minimum Gasteiger partial charge on any atom is -0.351 e. The Kier molecular flexibility index (Phi) is 4.66. The Morgan fingerprint density at radius 2 is 1.95 bits per heavy atom. The van der Waals surface area contributed by atoms with Gasteiger partial charge in [0.25, 0.3) is 0 Å². The molecule has 108 valence electrons. The van der Waals surface area contributed by atoms with E-state index in [1.54, 1.807) is 4.90 Å². The highest BCUT2D eigenvalue weighted by Gasteiger charge is 2.33. The van der Waals surface area contributed by atoms with Gasteiger partial charge in [0, 0.05) is 25.7 Å². The fraction of sp³-hybridized carbons (Fsp3) is 0.857. The van der Waals surface area contributed by atoms with Crippen molar-refractivity contribution in [2.75, 3.05) is 19.6 Å². The molecule has 2 N–H and O–H groups in total. The van der Waals surface area contributed by atoms with E-state index in [-0.39, 0.29) is 11.8 Å². The number of hydrogen-bond acceptors (Lipinski definition) is 2. The van der Waals surface area contributed by atoms with Gasteiger partial charge >= 0.3 is 6.03 Å². The third-order valence-corrected chi connectivity index (χ3v) is 4.46. The lowest BCUT2D eigenvalue weighted by Gasteiger charge is -2.40. The molecule has 2 fully saturated rings. The molecule has 0 bridgehead atoms. The van der Waals surface area contributed by atoms with E-state index in [0.717, 1.165) is 38.6 Å². The van der Waals surface area contributed by atoms with E-state index in [1.807, 2.05) is 0 Å². The largest absolute Gasteiger partial charge is 0.351 e. The minimum atomic E-state index is -0.400. The number of piperidine rings is 2. The summed E-state index contributed by atoms with van der Waals surface area (Å²) in [6.07, 6.45) is 6.24. The Labute approximate surface area is 115 Å². The molecule has 0 aromatic rings. The maximum atomic E-state index is 12.6. The molecule has 2 aliphatic heterocycles. The number of urea groups is 1. The molecule has 0 radical (unpaired) electrons.